The van der Waals surface area contributed by atoms with Gasteiger partial charge < -0.3 is 10.1 Å². The van der Waals surface area contributed by atoms with Crippen LogP contribution in [-0.4, -0.2) is 33.8 Å². The van der Waals surface area contributed by atoms with Crippen molar-refractivity contribution in [2.45, 2.75) is 6.92 Å². The van der Waals surface area contributed by atoms with Crippen LogP contribution in [0.1, 0.15) is 16.1 Å². The van der Waals surface area contributed by atoms with Crippen LogP contribution in [0.15, 0.2) is 35.1 Å². The highest BCUT2D eigenvalue weighted by Gasteiger charge is 2.17. The van der Waals surface area contributed by atoms with E-state index in [2.05, 4.69) is 15.4 Å². The van der Waals surface area contributed by atoms with Crippen LogP contribution in [0.5, 0.6) is 5.75 Å². The van der Waals surface area contributed by atoms with Crippen LogP contribution in [0.3, 0.4) is 0 Å². The lowest BCUT2D eigenvalue weighted by Gasteiger charge is -2.09. The molecule has 0 spiro atoms. The molecule has 0 aliphatic carbocycles. The number of pyridine rings is 1. The number of H-pyrrole nitrogens is 1. The predicted octanol–water partition coefficient (Wildman–Crippen LogP) is 2.03. The van der Waals surface area contributed by atoms with Crippen LogP contribution in [0, 0.1) is 6.92 Å². The van der Waals surface area contributed by atoms with E-state index in [1.807, 2.05) is 0 Å². The highest BCUT2D eigenvalue weighted by Crippen LogP contribution is 2.16. The molecule has 0 aliphatic rings. The van der Waals surface area contributed by atoms with Crippen LogP contribution in [0.25, 0.3) is 11.0 Å². The minimum Gasteiger partial charge on any atom is -0.492 e. The van der Waals surface area contributed by atoms with Crippen molar-refractivity contribution in [2.24, 2.45) is 7.05 Å². The second-order valence-electron chi connectivity index (χ2n) is 5.57. The van der Waals surface area contributed by atoms with Gasteiger partial charge in [-0.1, -0.05) is 11.6 Å². The molecule has 7 nitrogen and oxygen atoms in total. The summed E-state index contributed by atoms with van der Waals surface area (Å²) >= 11 is 5.81. The van der Waals surface area contributed by atoms with Crippen LogP contribution in [0.2, 0.25) is 5.02 Å². The number of nitrogens with zero attached hydrogens (tertiary/aromatic N) is 2. The SMILES string of the molecule is Cc1cc(C(=O)NCCOc2ccc(Cl)cc2)c2c(=O)[nH]n(C)c2n1. The summed E-state index contributed by atoms with van der Waals surface area (Å²) < 4.78 is 7.03. The Bertz CT molecular complexity index is 976. The summed E-state index contributed by atoms with van der Waals surface area (Å²) in [5.41, 5.74) is 1.07. The largest absolute Gasteiger partial charge is 0.492 e. The van der Waals surface area contributed by atoms with Crippen LogP contribution in [0.4, 0.5) is 0 Å². The van der Waals surface area contributed by atoms with Gasteiger partial charge in [0.25, 0.3) is 11.5 Å². The van der Waals surface area contributed by atoms with E-state index < -0.39 is 0 Å². The number of aromatic nitrogens is 3. The number of hydrogen-bond donors (Lipinski definition) is 2. The van der Waals surface area contributed by atoms with Crippen molar-refractivity contribution in [1.82, 2.24) is 20.1 Å². The lowest BCUT2D eigenvalue weighted by molar-refractivity contribution is 0.0948. The average molecular weight is 361 g/mol. The molecule has 0 saturated heterocycles. The maximum atomic E-state index is 12.5. The van der Waals surface area contributed by atoms with Gasteiger partial charge in [-0.05, 0) is 37.3 Å². The van der Waals surface area contributed by atoms with Crippen LogP contribution >= 0.6 is 11.6 Å². The molecule has 0 aliphatic heterocycles. The van der Waals surface area contributed by atoms with Gasteiger partial charge in [0.1, 0.15) is 12.4 Å². The maximum Gasteiger partial charge on any atom is 0.274 e. The average Bonchev–Trinajstić information content (AvgIpc) is 2.86. The molecule has 2 aromatic heterocycles. The van der Waals surface area contributed by atoms with Crippen molar-refractivity contribution in [3.05, 3.63) is 57.0 Å². The Morgan fingerprint density at radius 3 is 2.80 bits per heavy atom. The first-order chi connectivity index (χ1) is 12.0. The van der Waals surface area contributed by atoms with E-state index in [4.69, 9.17) is 16.3 Å². The van der Waals surface area contributed by atoms with Gasteiger partial charge in [0.2, 0.25) is 0 Å². The maximum absolute atomic E-state index is 12.5. The number of ether oxygens (including phenoxy) is 1. The lowest BCUT2D eigenvalue weighted by Crippen LogP contribution is -2.29. The molecule has 0 atom stereocenters. The summed E-state index contributed by atoms with van der Waals surface area (Å²) in [5.74, 6) is 0.326. The third-order valence-corrected chi connectivity index (χ3v) is 3.91. The van der Waals surface area contributed by atoms with E-state index in [-0.39, 0.29) is 16.9 Å². The van der Waals surface area contributed by atoms with Crippen molar-refractivity contribution in [3.63, 3.8) is 0 Å². The number of hydrogen-bond acceptors (Lipinski definition) is 4. The van der Waals surface area contributed by atoms with Crippen LogP contribution < -0.4 is 15.6 Å². The lowest BCUT2D eigenvalue weighted by atomic mass is 10.1. The topological polar surface area (TPSA) is 89.0 Å². The second kappa shape index (κ2) is 6.98. The summed E-state index contributed by atoms with van der Waals surface area (Å²) in [7, 11) is 1.68. The normalized spacial score (nSPS) is 10.8. The fourth-order valence-electron chi connectivity index (χ4n) is 2.52. The highest BCUT2D eigenvalue weighted by atomic mass is 35.5. The van der Waals surface area contributed by atoms with Gasteiger partial charge in [-0.15, -0.1) is 0 Å². The number of amides is 1. The molecule has 3 rings (SSSR count). The van der Waals surface area contributed by atoms with E-state index in [1.54, 1.807) is 44.3 Å². The number of rotatable bonds is 5. The number of carbonyl (C=O) groups excluding carboxylic acids is 1. The van der Waals surface area contributed by atoms with Gasteiger partial charge in [-0.3, -0.25) is 19.4 Å². The van der Waals surface area contributed by atoms with Gasteiger partial charge in [0.15, 0.2) is 5.65 Å². The number of carbonyl (C=O) groups is 1. The first kappa shape index (κ1) is 17.0. The van der Waals surface area contributed by atoms with Gasteiger partial charge >= 0.3 is 0 Å². The molecule has 1 aromatic carbocycles. The number of aromatic amines is 1. The minimum absolute atomic E-state index is 0.282. The van der Waals surface area contributed by atoms with Gasteiger partial charge in [-0.2, -0.15) is 0 Å². The molecule has 3 aromatic rings. The molecular weight excluding hydrogens is 344 g/mol. The molecule has 8 heteroatoms. The third kappa shape index (κ3) is 3.66. The van der Waals surface area contributed by atoms with Gasteiger partial charge in [0.05, 0.1) is 17.5 Å². The number of nitrogens with one attached hydrogen (secondary N) is 2. The fourth-order valence-corrected chi connectivity index (χ4v) is 2.65. The van der Waals surface area contributed by atoms with E-state index in [0.29, 0.717) is 40.8 Å². The first-order valence-corrected chi connectivity index (χ1v) is 8.06. The van der Waals surface area contributed by atoms with Crippen LogP contribution in [-0.2, 0) is 7.05 Å². The summed E-state index contributed by atoms with van der Waals surface area (Å²) in [6.45, 7) is 2.37. The van der Waals surface area contributed by atoms with Crippen molar-refractivity contribution in [1.29, 1.82) is 0 Å². The van der Waals surface area contributed by atoms with Gasteiger partial charge in [-0.25, -0.2) is 4.98 Å². The smallest absolute Gasteiger partial charge is 0.274 e. The summed E-state index contributed by atoms with van der Waals surface area (Å²) in [4.78, 5) is 28.8. The Morgan fingerprint density at radius 2 is 2.08 bits per heavy atom. The monoisotopic (exact) mass is 360 g/mol. The Balaban J connectivity index is 1.68. The number of halogens is 1. The Kier molecular flexibility index (Phi) is 4.76. The fraction of sp³-hybridized carbons (Fsp3) is 0.235. The molecule has 2 N–H and O–H groups in total. The standard InChI is InChI=1S/C17H17ClN4O3/c1-10-9-13(14-15(20-10)22(2)21-17(14)24)16(23)19-7-8-25-12-5-3-11(18)4-6-12/h3-6,9H,7-8H2,1-2H3,(H,19,23)(H,21,24). The van der Waals surface area contributed by atoms with Crippen molar-refractivity contribution < 1.29 is 9.53 Å². The van der Waals surface area contributed by atoms with Crippen molar-refractivity contribution in [2.75, 3.05) is 13.2 Å². The Hall–Kier alpha value is -2.80. The van der Waals surface area contributed by atoms with E-state index in [0.717, 1.165) is 0 Å². The number of fused-ring (bicyclic) bond motifs is 1. The minimum atomic E-state index is -0.341. The molecular formula is C17H17ClN4O3. The summed E-state index contributed by atoms with van der Waals surface area (Å²) in [5, 5.41) is 6.28. The molecule has 25 heavy (non-hydrogen) atoms. The highest BCUT2D eigenvalue weighted by molar-refractivity contribution is 6.30. The molecule has 0 unspecified atom stereocenters. The van der Waals surface area contributed by atoms with E-state index >= 15 is 0 Å². The second-order valence-corrected chi connectivity index (χ2v) is 6.00. The zero-order valence-corrected chi connectivity index (χ0v) is 14.6. The van der Waals surface area contributed by atoms with Crippen molar-refractivity contribution in [3.8, 4) is 5.75 Å². The van der Waals surface area contributed by atoms with E-state index in [9.17, 15) is 9.59 Å². The van der Waals surface area contributed by atoms with E-state index in [1.165, 1.54) is 4.68 Å². The molecule has 2 heterocycles. The molecule has 0 saturated carbocycles. The quantitative estimate of drug-likeness (QED) is 0.681. The summed E-state index contributed by atoms with van der Waals surface area (Å²) in [6, 6.07) is 8.57. The first-order valence-electron chi connectivity index (χ1n) is 7.68. The zero-order valence-electron chi connectivity index (χ0n) is 13.8. The molecule has 0 bridgehead atoms. The molecule has 1 amide bonds. The summed E-state index contributed by atoms with van der Waals surface area (Å²) in [6.07, 6.45) is 0. The van der Waals surface area contributed by atoms with Gasteiger partial charge in [0, 0.05) is 17.8 Å². The zero-order chi connectivity index (χ0) is 18.0. The molecule has 0 fully saturated rings. The predicted molar refractivity (Wildman–Crippen MR) is 95.4 cm³/mol. The number of benzene rings is 1. The number of aryl methyl sites for hydroxylation is 2. The Labute approximate surface area is 148 Å². The molecule has 130 valence electrons. The molecule has 0 radical (unpaired) electrons. The Morgan fingerprint density at radius 1 is 1.36 bits per heavy atom. The van der Waals surface area contributed by atoms with Crippen molar-refractivity contribution >= 4 is 28.5 Å². The third-order valence-electron chi connectivity index (χ3n) is 3.66.